The first-order chi connectivity index (χ1) is 16.8. The largest absolute Gasteiger partial charge is 0.353 e. The van der Waals surface area contributed by atoms with E-state index in [9.17, 15) is 17.6 Å². The van der Waals surface area contributed by atoms with Crippen LogP contribution in [0.5, 0.6) is 0 Å². The highest BCUT2D eigenvalue weighted by atomic mass is 32.2. The Kier molecular flexibility index (Phi) is 7.31. The number of carbonyl (C=O) groups is 1. The van der Waals surface area contributed by atoms with Gasteiger partial charge in [-0.3, -0.25) is 9.52 Å². The molecule has 1 aromatic carbocycles. The number of anilines is 2. The number of halogens is 2. The lowest BCUT2D eigenvalue weighted by atomic mass is 10.0. The number of sulfonamides is 1. The van der Waals surface area contributed by atoms with Crippen LogP contribution in [0.25, 0.3) is 11.0 Å². The van der Waals surface area contributed by atoms with Crippen molar-refractivity contribution >= 4 is 38.3 Å². The van der Waals surface area contributed by atoms with Crippen molar-refractivity contribution in [2.75, 3.05) is 35.0 Å². The first kappa shape index (κ1) is 25.0. The molecule has 2 aromatic heterocycles. The molecule has 0 aliphatic carbocycles. The molecule has 0 saturated carbocycles. The molecule has 3 aromatic rings. The number of ketones is 1. The topological polar surface area (TPSA) is 120 Å². The second kappa shape index (κ2) is 10.2. The van der Waals surface area contributed by atoms with Crippen molar-refractivity contribution in [2.45, 2.75) is 39.2 Å². The molecule has 1 fully saturated rings. The van der Waals surface area contributed by atoms with Crippen molar-refractivity contribution in [1.29, 1.82) is 0 Å². The fourth-order valence-corrected chi connectivity index (χ4v) is 5.64. The predicted octanol–water partition coefficient (Wildman–Crippen LogP) is 3.20. The minimum Gasteiger partial charge on any atom is -0.353 e. The normalized spacial score (nSPS) is 14.9. The van der Waals surface area contributed by atoms with Crippen LogP contribution >= 0.6 is 0 Å². The van der Waals surface area contributed by atoms with E-state index in [-0.39, 0.29) is 17.4 Å². The van der Waals surface area contributed by atoms with Crippen molar-refractivity contribution < 1.29 is 22.0 Å². The van der Waals surface area contributed by atoms with Crippen LogP contribution in [-0.4, -0.2) is 60.6 Å². The summed E-state index contributed by atoms with van der Waals surface area (Å²) in [5.74, 6) is -3.02. The number of aromatic amines is 1. The maximum absolute atomic E-state index is 15.3. The van der Waals surface area contributed by atoms with Crippen LogP contribution in [0.4, 0.5) is 20.3 Å². The van der Waals surface area contributed by atoms with Gasteiger partial charge in [0.15, 0.2) is 5.82 Å². The smallest absolute Gasteiger partial charge is 0.232 e. The van der Waals surface area contributed by atoms with Gasteiger partial charge in [-0.2, -0.15) is 0 Å². The second-order valence-corrected chi connectivity index (χ2v) is 10.3. The molecule has 0 unspecified atom stereocenters. The molecular formula is C23H28F2N6O3S. The van der Waals surface area contributed by atoms with Crippen molar-refractivity contribution in [1.82, 2.24) is 20.3 Å². The molecule has 0 atom stereocenters. The van der Waals surface area contributed by atoms with Gasteiger partial charge in [-0.15, -0.1) is 0 Å². The Hall–Kier alpha value is -3.12. The third-order valence-electron chi connectivity index (χ3n) is 6.11. The first-order valence-electron chi connectivity index (χ1n) is 11.6. The minimum atomic E-state index is -3.85. The molecule has 0 spiro atoms. The lowest BCUT2D eigenvalue weighted by Gasteiger charge is -2.35. The summed E-state index contributed by atoms with van der Waals surface area (Å²) in [5, 5.41) is 3.69. The van der Waals surface area contributed by atoms with Crippen molar-refractivity contribution in [3.05, 3.63) is 47.4 Å². The summed E-state index contributed by atoms with van der Waals surface area (Å²) in [7, 11) is -3.85. The molecule has 3 heterocycles. The van der Waals surface area contributed by atoms with E-state index in [1.54, 1.807) is 6.92 Å². The number of benzene rings is 1. The van der Waals surface area contributed by atoms with Crippen LogP contribution in [0, 0.1) is 11.6 Å². The summed E-state index contributed by atoms with van der Waals surface area (Å²) in [6, 6.07) is 2.02. The maximum atomic E-state index is 15.3. The van der Waals surface area contributed by atoms with E-state index < -0.39 is 38.7 Å². The molecule has 3 N–H and O–H groups in total. The van der Waals surface area contributed by atoms with Gasteiger partial charge in [-0.1, -0.05) is 6.92 Å². The molecule has 9 nitrogen and oxygen atoms in total. The van der Waals surface area contributed by atoms with Gasteiger partial charge in [0, 0.05) is 18.8 Å². The minimum absolute atomic E-state index is 0.00866. The van der Waals surface area contributed by atoms with Crippen molar-refractivity contribution in [3.63, 3.8) is 0 Å². The number of carbonyl (C=O) groups excluding carboxylic acids is 1. The number of hydrogen-bond donors (Lipinski definition) is 3. The van der Waals surface area contributed by atoms with E-state index in [0.717, 1.165) is 38.1 Å². The highest BCUT2D eigenvalue weighted by molar-refractivity contribution is 7.92. The molecule has 12 heteroatoms. The van der Waals surface area contributed by atoms with Crippen molar-refractivity contribution in [3.8, 4) is 0 Å². The third-order valence-corrected chi connectivity index (χ3v) is 7.59. The Balaban J connectivity index is 1.79. The molecule has 0 amide bonds. The van der Waals surface area contributed by atoms with Gasteiger partial charge in [0.2, 0.25) is 15.8 Å². The van der Waals surface area contributed by atoms with Gasteiger partial charge < -0.3 is 15.2 Å². The zero-order valence-electron chi connectivity index (χ0n) is 19.6. The lowest BCUT2D eigenvalue weighted by Crippen LogP contribution is -2.43. The summed E-state index contributed by atoms with van der Waals surface area (Å²) in [6.45, 7) is 5.97. The Bertz CT molecular complexity index is 1340. The van der Waals surface area contributed by atoms with Crippen LogP contribution in [0.1, 0.15) is 49.0 Å². The number of hydrogen-bond acceptors (Lipinski definition) is 7. The molecule has 4 rings (SSSR count). The Morgan fingerprint density at radius 1 is 1.20 bits per heavy atom. The lowest BCUT2D eigenvalue weighted by molar-refractivity contribution is 0.103. The zero-order chi connectivity index (χ0) is 25.2. The molecule has 1 aliphatic heterocycles. The summed E-state index contributed by atoms with van der Waals surface area (Å²) in [6.07, 6.45) is 4.82. The predicted molar refractivity (Wildman–Crippen MR) is 130 cm³/mol. The number of fused-ring (bicyclic) bond motifs is 1. The number of piperidine rings is 1. The van der Waals surface area contributed by atoms with Gasteiger partial charge in [-0.25, -0.2) is 27.2 Å². The molecular weight excluding hydrogens is 478 g/mol. The number of rotatable bonds is 9. The third kappa shape index (κ3) is 4.98. The van der Waals surface area contributed by atoms with Crippen molar-refractivity contribution in [2.24, 2.45) is 0 Å². The molecule has 0 bridgehead atoms. The van der Waals surface area contributed by atoms with Crippen LogP contribution in [0.15, 0.2) is 24.7 Å². The summed E-state index contributed by atoms with van der Waals surface area (Å²) < 4.78 is 56.5. The highest BCUT2D eigenvalue weighted by Crippen LogP contribution is 2.32. The summed E-state index contributed by atoms with van der Waals surface area (Å²) in [5.41, 5.74) is -0.951. The molecule has 1 saturated heterocycles. The summed E-state index contributed by atoms with van der Waals surface area (Å²) in [4.78, 5) is 27.1. The molecule has 1 aliphatic rings. The quantitative estimate of drug-likeness (QED) is 0.381. The maximum Gasteiger partial charge on any atom is 0.232 e. The molecule has 0 radical (unpaired) electrons. The standard InChI is InChI=1S/C23H28F2N6O3S/c1-3-11-35(33,34)30-17-6-5-16(24)19(20(17)25)21(32)15-12-27-22-18(15)23(29-13-28-22)31(4-2)14-7-9-26-10-8-14/h5-6,12-14,26,30H,3-4,7-11H2,1-2H3,(H,27,28,29). The number of nitrogens with zero attached hydrogens (tertiary/aromatic N) is 3. The van der Waals surface area contributed by atoms with E-state index in [2.05, 4.69) is 29.9 Å². The van der Waals surface area contributed by atoms with Crippen LogP contribution in [0.2, 0.25) is 0 Å². The van der Waals surface area contributed by atoms with Gasteiger partial charge in [0.05, 0.1) is 28.0 Å². The number of nitrogens with one attached hydrogen (secondary N) is 3. The van der Waals surface area contributed by atoms with Crippen LogP contribution < -0.4 is 14.9 Å². The molecule has 188 valence electrons. The molecule has 35 heavy (non-hydrogen) atoms. The van der Waals surface area contributed by atoms with Crippen LogP contribution in [-0.2, 0) is 10.0 Å². The monoisotopic (exact) mass is 506 g/mol. The first-order valence-corrected chi connectivity index (χ1v) is 13.2. The fourth-order valence-electron chi connectivity index (χ4n) is 4.50. The van der Waals surface area contributed by atoms with E-state index >= 15 is 4.39 Å². The van der Waals surface area contributed by atoms with E-state index in [0.29, 0.717) is 29.8 Å². The van der Waals surface area contributed by atoms with Gasteiger partial charge in [-0.05, 0) is 51.4 Å². The van der Waals surface area contributed by atoms with Gasteiger partial charge in [0.25, 0.3) is 0 Å². The second-order valence-electron chi connectivity index (χ2n) is 8.42. The average molecular weight is 507 g/mol. The van der Waals surface area contributed by atoms with Gasteiger partial charge in [0.1, 0.15) is 23.6 Å². The van der Waals surface area contributed by atoms with E-state index in [4.69, 9.17) is 0 Å². The zero-order valence-corrected chi connectivity index (χ0v) is 20.4. The SMILES string of the molecule is CCCS(=O)(=O)Nc1ccc(F)c(C(=O)c2c[nH]c3ncnc(N(CC)C4CCNCC4)c23)c1F. The fraction of sp³-hybridized carbons (Fsp3) is 0.435. The average Bonchev–Trinajstić information content (AvgIpc) is 3.27. The van der Waals surface area contributed by atoms with E-state index in [1.165, 1.54) is 12.5 Å². The number of H-pyrrole nitrogens is 1. The highest BCUT2D eigenvalue weighted by Gasteiger charge is 2.29. The summed E-state index contributed by atoms with van der Waals surface area (Å²) >= 11 is 0. The Morgan fingerprint density at radius 3 is 2.63 bits per heavy atom. The Morgan fingerprint density at radius 2 is 1.94 bits per heavy atom. The van der Waals surface area contributed by atoms with Crippen LogP contribution in [0.3, 0.4) is 0 Å². The van der Waals surface area contributed by atoms with Gasteiger partial charge >= 0.3 is 0 Å². The Labute approximate surface area is 202 Å². The van der Waals surface area contributed by atoms with E-state index in [1.807, 2.05) is 6.92 Å². The number of aromatic nitrogens is 3.